The van der Waals surface area contributed by atoms with Crippen molar-refractivity contribution in [3.05, 3.63) is 34.2 Å². The molecule has 2 heterocycles. The lowest BCUT2D eigenvalue weighted by atomic mass is 10.0. The first-order chi connectivity index (χ1) is 11.9. The Labute approximate surface area is 148 Å². The quantitative estimate of drug-likeness (QED) is 0.745. The number of rotatable bonds is 5. The summed E-state index contributed by atoms with van der Waals surface area (Å²) in [6.45, 7) is 5.41. The normalized spacial score (nSPS) is 20.8. The van der Waals surface area contributed by atoms with Gasteiger partial charge < -0.3 is 20.5 Å². The fourth-order valence-corrected chi connectivity index (χ4v) is 3.20. The summed E-state index contributed by atoms with van der Waals surface area (Å²) in [5, 5.41) is 2.93. The van der Waals surface area contributed by atoms with Crippen molar-refractivity contribution < 1.29 is 9.59 Å². The zero-order valence-electron chi connectivity index (χ0n) is 15.0. The van der Waals surface area contributed by atoms with E-state index in [0.29, 0.717) is 39.0 Å². The third kappa shape index (κ3) is 5.42. The van der Waals surface area contributed by atoms with Gasteiger partial charge in [-0.15, -0.1) is 0 Å². The number of nitrogens with two attached hydrogens (primary N) is 1. The molecule has 0 aromatic carbocycles. The zero-order chi connectivity index (χ0) is 18.4. The molecule has 2 rings (SSSR count). The van der Waals surface area contributed by atoms with Crippen molar-refractivity contribution in [2.75, 3.05) is 19.6 Å². The molecule has 0 saturated carbocycles. The van der Waals surface area contributed by atoms with Gasteiger partial charge in [-0.25, -0.2) is 0 Å². The molecule has 2 amide bonds. The molecule has 1 aliphatic rings. The van der Waals surface area contributed by atoms with E-state index in [9.17, 15) is 14.4 Å². The van der Waals surface area contributed by atoms with Crippen LogP contribution in [0.5, 0.6) is 0 Å². The second-order valence-electron chi connectivity index (χ2n) is 6.76. The first-order valence-electron chi connectivity index (χ1n) is 8.83. The monoisotopic (exact) mass is 348 g/mol. The van der Waals surface area contributed by atoms with Crippen molar-refractivity contribution >= 4 is 11.8 Å². The van der Waals surface area contributed by atoms with E-state index in [1.807, 2.05) is 13.0 Å². The molecule has 1 aromatic heterocycles. The van der Waals surface area contributed by atoms with Crippen molar-refractivity contribution in [3.63, 3.8) is 0 Å². The van der Waals surface area contributed by atoms with Crippen molar-refractivity contribution in [1.29, 1.82) is 0 Å². The van der Waals surface area contributed by atoms with Crippen LogP contribution >= 0.6 is 0 Å². The Bertz CT molecular complexity index is 671. The fraction of sp³-hybridized carbons (Fsp3) is 0.611. The highest BCUT2D eigenvalue weighted by Crippen LogP contribution is 2.16. The lowest BCUT2D eigenvalue weighted by molar-refractivity contribution is -0.131. The molecule has 2 atom stereocenters. The highest BCUT2D eigenvalue weighted by Gasteiger charge is 2.27. The van der Waals surface area contributed by atoms with Crippen LogP contribution in [0, 0.1) is 12.8 Å². The smallest absolute Gasteiger partial charge is 0.250 e. The third-order valence-corrected chi connectivity index (χ3v) is 4.72. The highest BCUT2D eigenvalue weighted by atomic mass is 16.2. The molecule has 3 N–H and O–H groups in total. The van der Waals surface area contributed by atoms with Gasteiger partial charge in [0.25, 0.3) is 5.56 Å². The largest absolute Gasteiger partial charge is 0.356 e. The van der Waals surface area contributed by atoms with Gasteiger partial charge in [-0.3, -0.25) is 14.4 Å². The maximum atomic E-state index is 12.4. The molecule has 7 nitrogen and oxygen atoms in total. The Morgan fingerprint density at radius 3 is 2.72 bits per heavy atom. The molecule has 0 unspecified atom stereocenters. The lowest BCUT2D eigenvalue weighted by Gasteiger charge is -2.23. The average Bonchev–Trinajstić information content (AvgIpc) is 2.75. The maximum Gasteiger partial charge on any atom is 0.250 e. The number of amides is 2. The summed E-state index contributed by atoms with van der Waals surface area (Å²) in [5.41, 5.74) is 6.87. The van der Waals surface area contributed by atoms with Gasteiger partial charge in [-0.05, 0) is 32.3 Å². The van der Waals surface area contributed by atoms with Gasteiger partial charge in [-0.1, -0.05) is 6.07 Å². The predicted molar refractivity (Wildman–Crippen MR) is 96.0 cm³/mol. The fourth-order valence-electron chi connectivity index (χ4n) is 3.20. The Balaban J connectivity index is 1.83. The topological polar surface area (TPSA) is 97.4 Å². The number of likely N-dealkylation sites (tertiary alicyclic amines) is 1. The number of hydrogen-bond donors (Lipinski definition) is 2. The minimum absolute atomic E-state index is 0.0267. The van der Waals surface area contributed by atoms with Gasteiger partial charge in [0.05, 0.1) is 5.92 Å². The van der Waals surface area contributed by atoms with E-state index in [1.54, 1.807) is 15.5 Å². The number of nitrogens with one attached hydrogen (secondary N) is 1. The number of aryl methyl sites for hydroxylation is 1. The first-order valence-corrected chi connectivity index (χ1v) is 8.83. The number of aromatic nitrogens is 1. The van der Waals surface area contributed by atoms with Crippen LogP contribution in [0.25, 0.3) is 0 Å². The SMILES string of the molecule is CC(=O)N1C[C@@H](N)CC[C@@H](C(=O)NCCCn2c(C)cccc2=O)C1. The van der Waals surface area contributed by atoms with Crippen LogP contribution in [0.3, 0.4) is 0 Å². The first kappa shape index (κ1) is 19.2. The summed E-state index contributed by atoms with van der Waals surface area (Å²) in [6, 6.07) is 5.10. The van der Waals surface area contributed by atoms with E-state index >= 15 is 0 Å². The van der Waals surface area contributed by atoms with E-state index in [4.69, 9.17) is 5.73 Å². The molecule has 7 heteroatoms. The zero-order valence-corrected chi connectivity index (χ0v) is 15.0. The summed E-state index contributed by atoms with van der Waals surface area (Å²) in [5.74, 6) is -0.315. The van der Waals surface area contributed by atoms with Crippen LogP contribution in [-0.4, -0.2) is 47.0 Å². The summed E-state index contributed by atoms with van der Waals surface area (Å²) in [4.78, 5) is 37.5. The van der Waals surface area contributed by atoms with Crippen molar-refractivity contribution in [3.8, 4) is 0 Å². The Hall–Kier alpha value is -2.15. The summed E-state index contributed by atoms with van der Waals surface area (Å²) < 4.78 is 1.70. The Morgan fingerprint density at radius 1 is 1.28 bits per heavy atom. The van der Waals surface area contributed by atoms with Crippen LogP contribution in [0.2, 0.25) is 0 Å². The van der Waals surface area contributed by atoms with Gasteiger partial charge in [0.1, 0.15) is 0 Å². The van der Waals surface area contributed by atoms with E-state index in [1.165, 1.54) is 13.0 Å². The van der Waals surface area contributed by atoms with Crippen LogP contribution < -0.4 is 16.6 Å². The minimum Gasteiger partial charge on any atom is -0.356 e. The number of pyridine rings is 1. The second-order valence-corrected chi connectivity index (χ2v) is 6.76. The van der Waals surface area contributed by atoms with E-state index in [0.717, 1.165) is 12.1 Å². The minimum atomic E-state index is -0.223. The predicted octanol–water partition coefficient (Wildman–Crippen LogP) is 0.249. The molecular weight excluding hydrogens is 320 g/mol. The molecule has 25 heavy (non-hydrogen) atoms. The number of hydrogen-bond acceptors (Lipinski definition) is 4. The summed E-state index contributed by atoms with van der Waals surface area (Å²) >= 11 is 0. The van der Waals surface area contributed by atoms with Gasteiger partial charge in [-0.2, -0.15) is 0 Å². The molecule has 138 valence electrons. The van der Waals surface area contributed by atoms with E-state index in [-0.39, 0.29) is 29.3 Å². The third-order valence-electron chi connectivity index (χ3n) is 4.72. The Kier molecular flexibility index (Phi) is 6.75. The summed E-state index contributed by atoms with van der Waals surface area (Å²) in [6.07, 6.45) is 2.10. The van der Waals surface area contributed by atoms with Gasteiger partial charge in [0.15, 0.2) is 0 Å². The number of carbonyl (C=O) groups is 2. The van der Waals surface area contributed by atoms with Crippen LogP contribution in [0.15, 0.2) is 23.0 Å². The van der Waals surface area contributed by atoms with Crippen molar-refractivity contribution in [1.82, 2.24) is 14.8 Å². The molecule has 0 aliphatic carbocycles. The molecule has 1 aliphatic heterocycles. The van der Waals surface area contributed by atoms with E-state index in [2.05, 4.69) is 5.32 Å². The maximum absolute atomic E-state index is 12.4. The molecule has 1 aromatic rings. The molecule has 1 saturated heterocycles. The van der Waals surface area contributed by atoms with Crippen molar-refractivity contribution in [2.45, 2.75) is 45.7 Å². The summed E-state index contributed by atoms with van der Waals surface area (Å²) in [7, 11) is 0. The number of nitrogens with zero attached hydrogens (tertiary/aromatic N) is 2. The number of carbonyl (C=O) groups excluding carboxylic acids is 2. The standard InChI is InChI=1S/C18H28N4O3/c1-13-5-3-6-17(24)22(13)10-4-9-20-18(25)15-7-8-16(19)12-21(11-15)14(2)23/h3,5-6,15-16H,4,7-12,19H2,1-2H3,(H,20,25)/t15-,16+/m1/s1. The molecule has 0 radical (unpaired) electrons. The van der Waals surface area contributed by atoms with E-state index < -0.39 is 0 Å². The second kappa shape index (κ2) is 8.80. The molecule has 0 spiro atoms. The molecule has 0 bridgehead atoms. The lowest BCUT2D eigenvalue weighted by Crippen LogP contribution is -2.42. The van der Waals surface area contributed by atoms with Crippen LogP contribution in [0.4, 0.5) is 0 Å². The van der Waals surface area contributed by atoms with Gasteiger partial charge >= 0.3 is 0 Å². The average molecular weight is 348 g/mol. The van der Waals surface area contributed by atoms with Gasteiger partial charge in [0.2, 0.25) is 11.8 Å². The highest BCUT2D eigenvalue weighted by molar-refractivity contribution is 5.80. The van der Waals surface area contributed by atoms with Gasteiger partial charge in [0, 0.05) is 50.9 Å². The molecular formula is C18H28N4O3. The van der Waals surface area contributed by atoms with Crippen LogP contribution in [0.1, 0.15) is 31.9 Å². The Morgan fingerprint density at radius 2 is 2.04 bits per heavy atom. The van der Waals surface area contributed by atoms with Crippen LogP contribution in [-0.2, 0) is 16.1 Å². The molecule has 1 fully saturated rings. The van der Waals surface area contributed by atoms with Crippen molar-refractivity contribution in [2.24, 2.45) is 11.7 Å².